The van der Waals surface area contributed by atoms with Gasteiger partial charge < -0.3 is 24.4 Å². The van der Waals surface area contributed by atoms with Gasteiger partial charge in [0.05, 0.1) is 36.9 Å². The summed E-state index contributed by atoms with van der Waals surface area (Å²) in [6.07, 6.45) is 0. The lowest BCUT2D eigenvalue weighted by molar-refractivity contribution is -0.0498. The molecule has 1 N–H and O–H groups in total. The summed E-state index contributed by atoms with van der Waals surface area (Å²) < 4.78 is 67.4. The molecule has 2 heterocycles. The second-order valence-electron chi connectivity index (χ2n) is 7.65. The van der Waals surface area contributed by atoms with Crippen LogP contribution in [0.15, 0.2) is 47.4 Å². The largest absolute Gasteiger partial charge is 0.435 e. The Morgan fingerprint density at radius 1 is 0.941 bits per heavy atom. The number of morpholine rings is 2. The van der Waals surface area contributed by atoms with E-state index >= 15 is 0 Å². The average molecular weight is 498 g/mol. The smallest absolute Gasteiger partial charge is 0.387 e. The predicted octanol–water partition coefficient (Wildman–Crippen LogP) is 2.40. The molecular weight excluding hydrogens is 472 g/mol. The van der Waals surface area contributed by atoms with Crippen LogP contribution in [0.4, 0.5) is 20.2 Å². The Hall–Kier alpha value is -2.80. The van der Waals surface area contributed by atoms with E-state index in [0.29, 0.717) is 50.9 Å². The standard InChI is InChI=1S/C22H25F2N3O6S/c23-22(24)33-17-3-1-16(2-4-17)25-21(28)19-15-18(34(29,30)27-9-13-32-14-10-27)5-6-20(19)26-7-11-31-12-8-26/h1-6,15,22H,7-14H2,(H,25,28). The molecule has 2 aliphatic heterocycles. The first-order valence-electron chi connectivity index (χ1n) is 10.8. The number of alkyl halides is 2. The van der Waals surface area contributed by atoms with Crippen molar-refractivity contribution in [2.75, 3.05) is 62.8 Å². The molecule has 0 aliphatic carbocycles. The molecule has 0 spiro atoms. The van der Waals surface area contributed by atoms with E-state index in [-0.39, 0.29) is 29.3 Å². The molecule has 2 fully saturated rings. The molecule has 0 saturated carbocycles. The fourth-order valence-corrected chi connectivity index (χ4v) is 5.23. The van der Waals surface area contributed by atoms with Gasteiger partial charge in [0.2, 0.25) is 10.0 Å². The van der Waals surface area contributed by atoms with Gasteiger partial charge in [-0.3, -0.25) is 4.79 Å². The minimum absolute atomic E-state index is 0.0113. The third-order valence-electron chi connectivity index (χ3n) is 5.51. The Bertz CT molecular complexity index is 1100. The molecule has 0 radical (unpaired) electrons. The number of nitrogens with one attached hydrogen (secondary N) is 1. The summed E-state index contributed by atoms with van der Waals surface area (Å²) in [5.41, 5.74) is 1.12. The SMILES string of the molecule is O=C(Nc1ccc(OC(F)F)cc1)c1cc(S(=O)(=O)N2CCOCC2)ccc1N1CCOCC1. The zero-order valence-corrected chi connectivity index (χ0v) is 19.1. The molecule has 12 heteroatoms. The van der Waals surface area contributed by atoms with E-state index in [1.54, 1.807) is 6.07 Å². The van der Waals surface area contributed by atoms with Crippen LogP contribution in [0.5, 0.6) is 5.75 Å². The van der Waals surface area contributed by atoms with Crippen LogP contribution in [-0.4, -0.2) is 77.8 Å². The highest BCUT2D eigenvalue weighted by atomic mass is 32.2. The van der Waals surface area contributed by atoms with Gasteiger partial charge in [0.15, 0.2) is 0 Å². The maximum atomic E-state index is 13.2. The van der Waals surface area contributed by atoms with Gasteiger partial charge >= 0.3 is 6.61 Å². The van der Waals surface area contributed by atoms with Crippen molar-refractivity contribution in [2.24, 2.45) is 0 Å². The molecule has 0 atom stereocenters. The summed E-state index contributed by atoms with van der Waals surface area (Å²) >= 11 is 0. The Labute approximate surface area is 196 Å². The number of sulfonamides is 1. The fourth-order valence-electron chi connectivity index (χ4n) is 3.79. The monoisotopic (exact) mass is 497 g/mol. The lowest BCUT2D eigenvalue weighted by Crippen LogP contribution is -2.41. The Kier molecular flexibility index (Phi) is 7.61. The van der Waals surface area contributed by atoms with E-state index in [0.717, 1.165) is 0 Å². The van der Waals surface area contributed by atoms with Crippen molar-refractivity contribution in [3.05, 3.63) is 48.0 Å². The van der Waals surface area contributed by atoms with Crippen molar-refractivity contribution in [1.29, 1.82) is 0 Å². The van der Waals surface area contributed by atoms with E-state index < -0.39 is 22.5 Å². The lowest BCUT2D eigenvalue weighted by Gasteiger charge is -2.31. The third kappa shape index (κ3) is 5.63. The number of rotatable bonds is 7. The quantitative estimate of drug-likeness (QED) is 0.628. The van der Waals surface area contributed by atoms with Crippen LogP contribution < -0.4 is 15.0 Å². The molecule has 1 amide bonds. The summed E-state index contributed by atoms with van der Waals surface area (Å²) in [6, 6.07) is 9.99. The first-order chi connectivity index (χ1) is 16.3. The normalized spacial score (nSPS) is 17.6. The highest BCUT2D eigenvalue weighted by Gasteiger charge is 2.29. The number of nitrogens with zero attached hydrogens (tertiary/aromatic N) is 2. The van der Waals surface area contributed by atoms with Gasteiger partial charge in [0.25, 0.3) is 5.91 Å². The zero-order chi connectivity index (χ0) is 24.1. The molecule has 2 aromatic carbocycles. The molecule has 2 aliphatic rings. The summed E-state index contributed by atoms with van der Waals surface area (Å²) in [5, 5.41) is 2.71. The molecule has 2 saturated heterocycles. The van der Waals surface area contributed by atoms with Crippen molar-refractivity contribution >= 4 is 27.3 Å². The number of anilines is 2. The van der Waals surface area contributed by atoms with Crippen molar-refractivity contribution in [1.82, 2.24) is 4.31 Å². The summed E-state index contributed by atoms with van der Waals surface area (Å²) in [4.78, 5) is 15.2. The number of halogens is 2. The number of amides is 1. The summed E-state index contributed by atoms with van der Waals surface area (Å²) in [6.45, 7) is 0.219. The van der Waals surface area contributed by atoms with Crippen LogP contribution in [0, 0.1) is 0 Å². The number of carbonyl (C=O) groups is 1. The maximum Gasteiger partial charge on any atom is 0.387 e. The van der Waals surface area contributed by atoms with Gasteiger partial charge in [-0.05, 0) is 42.5 Å². The van der Waals surface area contributed by atoms with Crippen LogP contribution in [0.25, 0.3) is 0 Å². The number of carbonyl (C=O) groups excluding carboxylic acids is 1. The van der Waals surface area contributed by atoms with Crippen LogP contribution in [0.3, 0.4) is 0 Å². The lowest BCUT2D eigenvalue weighted by atomic mass is 10.1. The van der Waals surface area contributed by atoms with Crippen molar-refractivity contribution in [3.63, 3.8) is 0 Å². The molecule has 0 aromatic heterocycles. The Morgan fingerprint density at radius 3 is 2.18 bits per heavy atom. The molecule has 2 aromatic rings. The maximum absolute atomic E-state index is 13.2. The van der Waals surface area contributed by atoms with Gasteiger partial charge in [-0.2, -0.15) is 13.1 Å². The van der Waals surface area contributed by atoms with E-state index in [1.807, 2.05) is 4.90 Å². The topological polar surface area (TPSA) is 97.4 Å². The zero-order valence-electron chi connectivity index (χ0n) is 18.3. The molecule has 0 bridgehead atoms. The Balaban J connectivity index is 1.63. The van der Waals surface area contributed by atoms with Crippen LogP contribution in [-0.2, 0) is 19.5 Å². The minimum Gasteiger partial charge on any atom is -0.435 e. The molecule has 34 heavy (non-hydrogen) atoms. The second-order valence-corrected chi connectivity index (χ2v) is 9.59. The van der Waals surface area contributed by atoms with Crippen molar-refractivity contribution in [2.45, 2.75) is 11.5 Å². The van der Waals surface area contributed by atoms with Crippen LogP contribution in [0.1, 0.15) is 10.4 Å². The minimum atomic E-state index is -3.81. The summed E-state index contributed by atoms with van der Waals surface area (Å²) in [7, 11) is -3.81. The van der Waals surface area contributed by atoms with Gasteiger partial charge in [-0.1, -0.05) is 0 Å². The predicted molar refractivity (Wildman–Crippen MR) is 120 cm³/mol. The first-order valence-corrected chi connectivity index (χ1v) is 12.2. The number of benzene rings is 2. The number of hydrogen-bond donors (Lipinski definition) is 1. The van der Waals surface area contributed by atoms with Gasteiger partial charge in [-0.25, -0.2) is 8.42 Å². The highest BCUT2D eigenvalue weighted by Crippen LogP contribution is 2.28. The van der Waals surface area contributed by atoms with Crippen molar-refractivity contribution in [3.8, 4) is 5.75 Å². The number of ether oxygens (including phenoxy) is 3. The van der Waals surface area contributed by atoms with E-state index in [2.05, 4.69) is 10.1 Å². The van der Waals surface area contributed by atoms with E-state index in [9.17, 15) is 22.0 Å². The average Bonchev–Trinajstić information content (AvgIpc) is 2.85. The van der Waals surface area contributed by atoms with E-state index in [4.69, 9.17) is 9.47 Å². The van der Waals surface area contributed by atoms with Crippen LogP contribution >= 0.6 is 0 Å². The molecular formula is C22H25F2N3O6S. The Morgan fingerprint density at radius 2 is 1.56 bits per heavy atom. The van der Waals surface area contributed by atoms with Gasteiger partial charge in [0.1, 0.15) is 5.75 Å². The molecule has 0 unspecified atom stereocenters. The third-order valence-corrected chi connectivity index (χ3v) is 7.40. The fraction of sp³-hybridized carbons (Fsp3) is 0.409. The second kappa shape index (κ2) is 10.6. The molecule has 4 rings (SSSR count). The van der Waals surface area contributed by atoms with Gasteiger partial charge in [-0.15, -0.1) is 0 Å². The van der Waals surface area contributed by atoms with Crippen molar-refractivity contribution < 1.29 is 36.2 Å². The van der Waals surface area contributed by atoms with Crippen LogP contribution in [0.2, 0.25) is 0 Å². The molecule has 184 valence electrons. The van der Waals surface area contributed by atoms with Gasteiger partial charge in [0, 0.05) is 37.6 Å². The number of hydrogen-bond acceptors (Lipinski definition) is 7. The highest BCUT2D eigenvalue weighted by molar-refractivity contribution is 7.89. The molecule has 9 nitrogen and oxygen atoms in total. The summed E-state index contributed by atoms with van der Waals surface area (Å²) in [5.74, 6) is -0.566. The van der Waals surface area contributed by atoms with E-state index in [1.165, 1.54) is 40.7 Å². The first kappa shape index (κ1) is 24.3.